The number of nitrogens with one attached hydrogen (secondary N) is 2. The smallest absolute Gasteiger partial charge is 0.254 e. The molecule has 0 spiro atoms. The van der Waals surface area contributed by atoms with Crippen molar-refractivity contribution in [2.75, 3.05) is 19.4 Å². The van der Waals surface area contributed by atoms with Gasteiger partial charge >= 0.3 is 0 Å². The van der Waals surface area contributed by atoms with Gasteiger partial charge in [0.25, 0.3) is 5.91 Å². The minimum absolute atomic E-state index is 0.191. The van der Waals surface area contributed by atoms with Crippen molar-refractivity contribution < 1.29 is 9.21 Å². The number of carbonyl (C=O) groups is 1. The Morgan fingerprint density at radius 3 is 2.62 bits per heavy atom. The highest BCUT2D eigenvalue weighted by Crippen LogP contribution is 2.35. The van der Waals surface area contributed by atoms with Crippen LogP contribution >= 0.6 is 0 Å². The van der Waals surface area contributed by atoms with Gasteiger partial charge in [0, 0.05) is 42.2 Å². The number of benzene rings is 2. The third-order valence-electron chi connectivity index (χ3n) is 5.91. The molecule has 170 valence electrons. The van der Waals surface area contributed by atoms with Crippen LogP contribution in [0.5, 0.6) is 0 Å². The van der Waals surface area contributed by atoms with Gasteiger partial charge < -0.3 is 15.1 Å². The van der Waals surface area contributed by atoms with E-state index in [1.807, 2.05) is 63.6 Å². The van der Waals surface area contributed by atoms with E-state index in [2.05, 4.69) is 38.2 Å². The number of hydrogen-bond donors (Lipinski definition) is 2. The van der Waals surface area contributed by atoms with Crippen LogP contribution in [0.4, 0.5) is 5.69 Å². The quantitative estimate of drug-likeness (QED) is 0.351. The van der Waals surface area contributed by atoms with Crippen LogP contribution in [-0.2, 0) is 0 Å². The van der Waals surface area contributed by atoms with Crippen LogP contribution in [0.1, 0.15) is 24.2 Å². The molecule has 0 bridgehead atoms. The number of para-hydroxylation sites is 1. The van der Waals surface area contributed by atoms with Crippen molar-refractivity contribution >= 4 is 50.0 Å². The summed E-state index contributed by atoms with van der Waals surface area (Å²) in [6.07, 6.45) is 3.33. The molecule has 0 unspecified atom stereocenters. The Labute approximate surface area is 196 Å². The lowest BCUT2D eigenvalue weighted by atomic mass is 10.0. The molecule has 0 aliphatic rings. The van der Waals surface area contributed by atoms with Crippen LogP contribution in [0.15, 0.2) is 71.6 Å². The second-order valence-corrected chi connectivity index (χ2v) is 7.64. The number of furan rings is 1. The number of hydrogen-bond acceptors (Lipinski definition) is 5. The average Bonchev–Trinajstić information content (AvgIpc) is 3.49. The van der Waals surface area contributed by atoms with Crippen molar-refractivity contribution in [1.29, 1.82) is 0 Å². The molecular formula is C27H25N5O2. The second-order valence-electron chi connectivity index (χ2n) is 7.64. The SMILES string of the molecule is CC.CNC(=O)c1coc2cc(NC)c(-c3ccc4ncn5c6ccccc6cc5c4n3)cc12. The summed E-state index contributed by atoms with van der Waals surface area (Å²) in [5.41, 5.74) is 7.40. The fourth-order valence-electron chi connectivity index (χ4n) is 4.30. The molecule has 0 radical (unpaired) electrons. The second kappa shape index (κ2) is 8.51. The molecule has 0 fully saturated rings. The molecule has 34 heavy (non-hydrogen) atoms. The Hall–Kier alpha value is -4.39. The number of pyridine rings is 1. The standard InChI is InChI=1S/C25H19N5O2.C2H6/c1-26-20-11-23-15(17(12-32-23)25(31)27-2)10-16(20)18-7-8-19-24(29-18)22-9-14-5-3-4-6-21(14)30(22)13-28-19;1-2/h3-13,26H,1-2H3,(H,27,31);1-2H3. The Balaban J connectivity index is 0.00000117. The molecule has 2 aromatic carbocycles. The molecule has 0 saturated heterocycles. The van der Waals surface area contributed by atoms with E-state index in [4.69, 9.17) is 9.40 Å². The van der Waals surface area contributed by atoms with E-state index in [0.29, 0.717) is 11.1 Å². The topological polar surface area (TPSA) is 84.5 Å². The lowest BCUT2D eigenvalue weighted by Gasteiger charge is -2.11. The summed E-state index contributed by atoms with van der Waals surface area (Å²) in [4.78, 5) is 21.9. The summed E-state index contributed by atoms with van der Waals surface area (Å²) in [6, 6.07) is 18.1. The first-order valence-corrected chi connectivity index (χ1v) is 11.3. The van der Waals surface area contributed by atoms with E-state index >= 15 is 0 Å². The number of anilines is 1. The van der Waals surface area contributed by atoms with E-state index in [0.717, 1.165) is 49.8 Å². The summed E-state index contributed by atoms with van der Waals surface area (Å²) in [6.45, 7) is 4.00. The van der Waals surface area contributed by atoms with Crippen LogP contribution < -0.4 is 10.6 Å². The van der Waals surface area contributed by atoms with E-state index in [9.17, 15) is 4.79 Å². The van der Waals surface area contributed by atoms with Crippen molar-refractivity contribution in [3.63, 3.8) is 0 Å². The maximum Gasteiger partial charge on any atom is 0.254 e. The first kappa shape index (κ1) is 21.5. The molecule has 2 N–H and O–H groups in total. The molecule has 0 aliphatic carbocycles. The average molecular weight is 452 g/mol. The van der Waals surface area contributed by atoms with Crippen molar-refractivity contribution in [2.45, 2.75) is 13.8 Å². The Bertz CT molecular complexity index is 1680. The van der Waals surface area contributed by atoms with E-state index < -0.39 is 0 Å². The van der Waals surface area contributed by atoms with E-state index in [-0.39, 0.29) is 5.91 Å². The van der Waals surface area contributed by atoms with Crippen LogP contribution in [0.25, 0.3) is 49.7 Å². The van der Waals surface area contributed by atoms with E-state index in [1.165, 1.54) is 6.26 Å². The first-order chi connectivity index (χ1) is 16.7. The molecule has 4 aromatic heterocycles. The number of aromatic nitrogens is 3. The highest BCUT2D eigenvalue weighted by atomic mass is 16.3. The van der Waals surface area contributed by atoms with Crippen LogP contribution in [0, 0.1) is 0 Å². The molecule has 7 nitrogen and oxygen atoms in total. The largest absolute Gasteiger partial charge is 0.463 e. The molecule has 6 rings (SSSR count). The summed E-state index contributed by atoms with van der Waals surface area (Å²) in [5.74, 6) is -0.191. The molecule has 0 aliphatic heterocycles. The van der Waals surface area contributed by atoms with Crippen molar-refractivity contribution in [1.82, 2.24) is 19.7 Å². The van der Waals surface area contributed by atoms with Gasteiger partial charge in [-0.2, -0.15) is 0 Å². The summed E-state index contributed by atoms with van der Waals surface area (Å²) >= 11 is 0. The number of rotatable bonds is 3. The maximum absolute atomic E-state index is 12.3. The number of nitrogens with zero attached hydrogens (tertiary/aromatic N) is 3. The molecule has 0 atom stereocenters. The molecule has 1 amide bonds. The first-order valence-electron chi connectivity index (χ1n) is 11.3. The van der Waals surface area contributed by atoms with Gasteiger partial charge in [-0.1, -0.05) is 32.0 Å². The highest BCUT2D eigenvalue weighted by molar-refractivity contribution is 6.08. The molecule has 6 aromatic rings. The molecule has 4 heterocycles. The molecule has 7 heteroatoms. The number of amides is 1. The Kier molecular flexibility index (Phi) is 5.37. The Morgan fingerprint density at radius 1 is 1.00 bits per heavy atom. The highest BCUT2D eigenvalue weighted by Gasteiger charge is 2.17. The molecular weight excluding hydrogens is 426 g/mol. The summed E-state index contributed by atoms with van der Waals surface area (Å²) < 4.78 is 7.70. The van der Waals surface area contributed by atoms with Gasteiger partial charge in [0.2, 0.25) is 0 Å². The van der Waals surface area contributed by atoms with Gasteiger partial charge in [0.1, 0.15) is 23.7 Å². The van der Waals surface area contributed by atoms with Crippen LogP contribution in [-0.4, -0.2) is 34.4 Å². The number of carbonyl (C=O) groups excluding carboxylic acids is 1. The van der Waals surface area contributed by atoms with Crippen molar-refractivity contribution in [2.24, 2.45) is 0 Å². The predicted molar refractivity (Wildman–Crippen MR) is 137 cm³/mol. The minimum Gasteiger partial charge on any atom is -0.463 e. The zero-order chi connectivity index (χ0) is 23.8. The lowest BCUT2D eigenvalue weighted by Crippen LogP contribution is -2.17. The van der Waals surface area contributed by atoms with E-state index in [1.54, 1.807) is 7.05 Å². The van der Waals surface area contributed by atoms with Gasteiger partial charge in [0.15, 0.2) is 0 Å². The van der Waals surface area contributed by atoms with Gasteiger partial charge in [-0.15, -0.1) is 0 Å². The van der Waals surface area contributed by atoms with Crippen LogP contribution in [0.2, 0.25) is 0 Å². The summed E-state index contributed by atoms with van der Waals surface area (Å²) in [5, 5.41) is 7.77. The van der Waals surface area contributed by atoms with Crippen LogP contribution in [0.3, 0.4) is 0 Å². The third kappa shape index (κ3) is 3.25. The lowest BCUT2D eigenvalue weighted by molar-refractivity contribution is 0.0964. The van der Waals surface area contributed by atoms with Gasteiger partial charge in [0.05, 0.1) is 27.8 Å². The monoisotopic (exact) mass is 451 g/mol. The Morgan fingerprint density at radius 2 is 1.82 bits per heavy atom. The molecule has 0 saturated carbocycles. The minimum atomic E-state index is -0.191. The van der Waals surface area contributed by atoms with Gasteiger partial charge in [-0.25, -0.2) is 9.97 Å². The van der Waals surface area contributed by atoms with Crippen molar-refractivity contribution in [3.8, 4) is 11.3 Å². The normalized spacial score (nSPS) is 11.1. The summed E-state index contributed by atoms with van der Waals surface area (Å²) in [7, 11) is 3.46. The number of fused-ring (bicyclic) bond motifs is 6. The zero-order valence-electron chi connectivity index (χ0n) is 19.5. The van der Waals surface area contributed by atoms with Gasteiger partial charge in [-0.3, -0.25) is 9.20 Å². The van der Waals surface area contributed by atoms with Gasteiger partial charge in [-0.05, 0) is 30.3 Å². The van der Waals surface area contributed by atoms with Crippen molar-refractivity contribution in [3.05, 3.63) is 72.8 Å². The zero-order valence-corrected chi connectivity index (χ0v) is 19.5. The third-order valence-corrected chi connectivity index (χ3v) is 5.91. The fraction of sp³-hybridized carbons (Fsp3) is 0.148. The predicted octanol–water partition coefficient (Wildman–Crippen LogP) is 5.88. The maximum atomic E-state index is 12.3. The fourth-order valence-corrected chi connectivity index (χ4v) is 4.30.